The monoisotopic (exact) mass is 256 g/mol. The molecule has 102 valence electrons. The Labute approximate surface area is 116 Å². The van der Waals surface area contributed by atoms with Crippen LogP contribution in [0.5, 0.6) is 0 Å². The largest absolute Gasteiger partial charge is 0.337 e. The lowest BCUT2D eigenvalue weighted by Gasteiger charge is -2.19. The zero-order valence-electron chi connectivity index (χ0n) is 12.3. The molecule has 1 unspecified atom stereocenters. The molecular formula is C17H24N2. The number of hydrogen-bond donors (Lipinski definition) is 0. The van der Waals surface area contributed by atoms with Gasteiger partial charge in [-0.15, -0.1) is 0 Å². The van der Waals surface area contributed by atoms with Crippen LogP contribution in [0.15, 0.2) is 36.9 Å². The summed E-state index contributed by atoms with van der Waals surface area (Å²) in [6.07, 6.45) is 9.62. The third-order valence-electron chi connectivity index (χ3n) is 3.90. The van der Waals surface area contributed by atoms with Crippen LogP contribution in [0.2, 0.25) is 0 Å². The van der Waals surface area contributed by atoms with Gasteiger partial charge in [0, 0.05) is 24.9 Å². The van der Waals surface area contributed by atoms with E-state index in [-0.39, 0.29) is 0 Å². The molecule has 1 aromatic carbocycles. The van der Waals surface area contributed by atoms with Gasteiger partial charge in [-0.2, -0.15) is 0 Å². The predicted molar refractivity (Wildman–Crippen MR) is 80.4 cm³/mol. The molecule has 19 heavy (non-hydrogen) atoms. The molecule has 1 heterocycles. The highest BCUT2D eigenvalue weighted by atomic mass is 15.0. The Kier molecular flexibility index (Phi) is 4.78. The molecule has 0 N–H and O–H groups in total. The second-order valence-electron chi connectivity index (χ2n) is 5.44. The number of hydrogen-bond acceptors (Lipinski definition) is 1. The van der Waals surface area contributed by atoms with E-state index in [1.54, 1.807) is 0 Å². The quantitative estimate of drug-likeness (QED) is 0.745. The van der Waals surface area contributed by atoms with Crippen LogP contribution in [0.25, 0.3) is 0 Å². The van der Waals surface area contributed by atoms with E-state index in [0.717, 1.165) is 6.54 Å². The van der Waals surface area contributed by atoms with Gasteiger partial charge in [0.15, 0.2) is 0 Å². The summed E-state index contributed by atoms with van der Waals surface area (Å²) in [5.74, 6) is 0.591. The van der Waals surface area contributed by atoms with Crippen LogP contribution in [0.3, 0.4) is 0 Å². The molecule has 1 atom stereocenters. The molecule has 2 heteroatoms. The van der Waals surface area contributed by atoms with Gasteiger partial charge in [-0.1, -0.05) is 38.0 Å². The summed E-state index contributed by atoms with van der Waals surface area (Å²) in [5.41, 5.74) is 4.23. The van der Waals surface area contributed by atoms with Crippen molar-refractivity contribution in [1.29, 1.82) is 0 Å². The number of aromatic nitrogens is 2. The number of nitrogens with zero attached hydrogens (tertiary/aromatic N) is 2. The Morgan fingerprint density at radius 3 is 2.68 bits per heavy atom. The lowest BCUT2D eigenvalue weighted by molar-refractivity contribution is 0.504. The Morgan fingerprint density at radius 1 is 1.21 bits per heavy atom. The zero-order valence-corrected chi connectivity index (χ0v) is 12.3. The minimum atomic E-state index is 0.591. The van der Waals surface area contributed by atoms with Gasteiger partial charge in [-0.3, -0.25) is 0 Å². The highest BCUT2D eigenvalue weighted by molar-refractivity contribution is 5.32. The maximum Gasteiger partial charge on any atom is 0.0946 e. The number of imidazole rings is 1. The molecule has 2 nitrogen and oxygen atoms in total. The first-order chi connectivity index (χ1) is 9.20. The Balaban J connectivity index is 2.18. The highest BCUT2D eigenvalue weighted by Crippen LogP contribution is 2.26. The van der Waals surface area contributed by atoms with Gasteiger partial charge < -0.3 is 4.57 Å². The highest BCUT2D eigenvalue weighted by Gasteiger charge is 2.12. The van der Waals surface area contributed by atoms with Gasteiger partial charge in [-0.05, 0) is 37.0 Å². The van der Waals surface area contributed by atoms with Crippen LogP contribution in [-0.2, 0) is 6.54 Å². The molecule has 0 spiro atoms. The zero-order chi connectivity index (χ0) is 13.7. The standard InChI is InChI=1S/C17H24N2/c1-4-5-6-17(12-19-10-9-18-13-19)16-8-7-14(2)15(3)11-16/h7-11,13,17H,4-6,12H2,1-3H3. The first-order valence-electron chi connectivity index (χ1n) is 7.23. The first kappa shape index (κ1) is 13.9. The molecule has 2 rings (SSSR count). The molecule has 0 bridgehead atoms. The lowest BCUT2D eigenvalue weighted by Crippen LogP contribution is -2.08. The average molecular weight is 256 g/mol. The van der Waals surface area contributed by atoms with Crippen LogP contribution in [-0.4, -0.2) is 9.55 Å². The summed E-state index contributed by atoms with van der Waals surface area (Å²) in [5, 5.41) is 0. The van der Waals surface area contributed by atoms with Crippen LogP contribution in [0.4, 0.5) is 0 Å². The van der Waals surface area contributed by atoms with Crippen molar-refractivity contribution >= 4 is 0 Å². The smallest absolute Gasteiger partial charge is 0.0946 e. The molecule has 0 aliphatic rings. The van der Waals surface area contributed by atoms with Crippen molar-refractivity contribution in [2.45, 2.75) is 52.5 Å². The molecule has 0 fully saturated rings. The van der Waals surface area contributed by atoms with Crippen molar-refractivity contribution < 1.29 is 0 Å². The van der Waals surface area contributed by atoms with Gasteiger partial charge in [-0.25, -0.2) is 4.98 Å². The van der Waals surface area contributed by atoms with Crippen LogP contribution >= 0.6 is 0 Å². The second kappa shape index (κ2) is 6.55. The van der Waals surface area contributed by atoms with E-state index < -0.39 is 0 Å². The van der Waals surface area contributed by atoms with Gasteiger partial charge in [0.25, 0.3) is 0 Å². The maximum atomic E-state index is 4.14. The molecular weight excluding hydrogens is 232 g/mol. The van der Waals surface area contributed by atoms with E-state index in [0.29, 0.717) is 5.92 Å². The minimum absolute atomic E-state index is 0.591. The van der Waals surface area contributed by atoms with Crippen molar-refractivity contribution in [2.75, 3.05) is 0 Å². The molecule has 0 radical (unpaired) electrons. The van der Waals surface area contributed by atoms with E-state index in [1.807, 2.05) is 12.5 Å². The number of benzene rings is 1. The summed E-state index contributed by atoms with van der Waals surface area (Å²) in [6.45, 7) is 7.67. The maximum absolute atomic E-state index is 4.14. The minimum Gasteiger partial charge on any atom is -0.337 e. The second-order valence-corrected chi connectivity index (χ2v) is 5.44. The van der Waals surface area contributed by atoms with Crippen LogP contribution in [0.1, 0.15) is 48.8 Å². The Hall–Kier alpha value is -1.57. The van der Waals surface area contributed by atoms with E-state index in [9.17, 15) is 0 Å². The number of aryl methyl sites for hydroxylation is 2. The Bertz CT molecular complexity index is 500. The Morgan fingerprint density at radius 2 is 2.05 bits per heavy atom. The van der Waals surface area contributed by atoms with E-state index in [1.165, 1.54) is 36.0 Å². The van der Waals surface area contributed by atoms with Gasteiger partial charge in [0.05, 0.1) is 6.33 Å². The number of rotatable bonds is 6. The van der Waals surface area contributed by atoms with Gasteiger partial charge in [0.1, 0.15) is 0 Å². The van der Waals surface area contributed by atoms with Crippen molar-refractivity contribution in [2.24, 2.45) is 0 Å². The summed E-state index contributed by atoms with van der Waals surface area (Å²) in [6, 6.07) is 6.89. The molecule has 0 saturated carbocycles. The fraction of sp³-hybridized carbons (Fsp3) is 0.471. The topological polar surface area (TPSA) is 17.8 Å². The predicted octanol–water partition coefficient (Wildman–Crippen LogP) is 4.47. The van der Waals surface area contributed by atoms with Crippen molar-refractivity contribution in [1.82, 2.24) is 9.55 Å². The summed E-state index contributed by atoms with van der Waals surface area (Å²) in [4.78, 5) is 4.14. The third-order valence-corrected chi connectivity index (χ3v) is 3.90. The fourth-order valence-corrected chi connectivity index (χ4v) is 2.48. The molecule has 0 aliphatic heterocycles. The molecule has 2 aromatic rings. The third kappa shape index (κ3) is 3.69. The summed E-state index contributed by atoms with van der Waals surface area (Å²) < 4.78 is 2.19. The summed E-state index contributed by atoms with van der Waals surface area (Å²) >= 11 is 0. The van der Waals surface area contributed by atoms with Crippen LogP contribution < -0.4 is 0 Å². The normalized spacial score (nSPS) is 12.6. The SMILES string of the molecule is CCCCC(Cn1ccnc1)c1ccc(C)c(C)c1. The fourth-order valence-electron chi connectivity index (χ4n) is 2.48. The van der Waals surface area contributed by atoms with E-state index in [4.69, 9.17) is 0 Å². The van der Waals surface area contributed by atoms with Crippen molar-refractivity contribution in [3.63, 3.8) is 0 Å². The summed E-state index contributed by atoms with van der Waals surface area (Å²) in [7, 11) is 0. The number of unbranched alkanes of at least 4 members (excludes halogenated alkanes) is 1. The lowest BCUT2D eigenvalue weighted by atomic mass is 9.91. The first-order valence-corrected chi connectivity index (χ1v) is 7.23. The average Bonchev–Trinajstić information content (AvgIpc) is 2.91. The molecule has 0 aliphatic carbocycles. The van der Waals surface area contributed by atoms with Crippen molar-refractivity contribution in [3.8, 4) is 0 Å². The van der Waals surface area contributed by atoms with Crippen LogP contribution in [0, 0.1) is 13.8 Å². The van der Waals surface area contributed by atoms with E-state index >= 15 is 0 Å². The van der Waals surface area contributed by atoms with Crippen molar-refractivity contribution in [3.05, 3.63) is 53.6 Å². The molecule has 0 saturated heterocycles. The molecule has 0 amide bonds. The van der Waals surface area contributed by atoms with E-state index in [2.05, 4.69) is 54.7 Å². The van der Waals surface area contributed by atoms with Gasteiger partial charge in [0.2, 0.25) is 0 Å². The van der Waals surface area contributed by atoms with Gasteiger partial charge >= 0.3 is 0 Å². The molecule has 1 aromatic heterocycles.